The van der Waals surface area contributed by atoms with Crippen LogP contribution in [0.4, 0.5) is 0 Å². The van der Waals surface area contributed by atoms with Crippen LogP contribution in [0.25, 0.3) is 20.8 Å². The topological polar surface area (TPSA) is 38.9 Å². The Hall–Kier alpha value is -1.42. The predicted octanol–water partition coefficient (Wildman–Crippen LogP) is 4.08. The molecule has 4 heteroatoms. The summed E-state index contributed by atoms with van der Waals surface area (Å²) >= 11 is 7.67. The number of thiazole rings is 1. The molecule has 0 unspecified atom stereocenters. The predicted molar refractivity (Wildman–Crippen MR) is 78.0 cm³/mol. The maximum absolute atomic E-state index is 6.00. The molecule has 90 valence electrons. The molecular weight excluding hydrogens is 264 g/mol. The molecule has 0 saturated carbocycles. The molecule has 0 amide bonds. The van der Waals surface area contributed by atoms with Gasteiger partial charge in [0.15, 0.2) is 0 Å². The number of benzene rings is 2. The summed E-state index contributed by atoms with van der Waals surface area (Å²) in [6.45, 7) is 0.542. The monoisotopic (exact) mass is 274 g/mol. The van der Waals surface area contributed by atoms with Crippen molar-refractivity contribution in [3.8, 4) is 10.6 Å². The third-order valence-corrected chi connectivity index (χ3v) is 4.08. The zero-order valence-electron chi connectivity index (χ0n) is 9.56. The number of hydrogen-bond acceptors (Lipinski definition) is 3. The van der Waals surface area contributed by atoms with Crippen molar-refractivity contribution < 1.29 is 0 Å². The van der Waals surface area contributed by atoms with E-state index in [4.69, 9.17) is 17.3 Å². The first-order valence-corrected chi connectivity index (χ1v) is 6.81. The highest BCUT2D eigenvalue weighted by molar-refractivity contribution is 7.21. The van der Waals surface area contributed by atoms with E-state index in [2.05, 4.69) is 11.1 Å². The average molecular weight is 275 g/mol. The van der Waals surface area contributed by atoms with E-state index in [9.17, 15) is 0 Å². The lowest BCUT2D eigenvalue weighted by atomic mass is 10.2. The summed E-state index contributed by atoms with van der Waals surface area (Å²) in [6.07, 6.45) is 0. The summed E-state index contributed by atoms with van der Waals surface area (Å²) in [4.78, 5) is 4.64. The molecule has 0 atom stereocenters. The fourth-order valence-corrected chi connectivity index (χ4v) is 2.98. The van der Waals surface area contributed by atoms with Crippen LogP contribution in [0.1, 0.15) is 5.56 Å². The Morgan fingerprint density at radius 3 is 2.83 bits per heavy atom. The lowest BCUT2D eigenvalue weighted by Gasteiger charge is -1.95. The van der Waals surface area contributed by atoms with E-state index in [1.54, 1.807) is 11.3 Å². The maximum atomic E-state index is 6.00. The van der Waals surface area contributed by atoms with E-state index in [0.717, 1.165) is 26.7 Å². The molecule has 0 bridgehead atoms. The van der Waals surface area contributed by atoms with Gasteiger partial charge in [0.1, 0.15) is 5.01 Å². The van der Waals surface area contributed by atoms with Gasteiger partial charge in [-0.3, -0.25) is 0 Å². The standard InChI is InChI=1S/C14H11ClN2S/c15-11-3-1-2-10(7-11)14-17-12-6-9(8-16)4-5-13(12)18-14/h1-7H,8,16H2. The molecule has 3 rings (SSSR count). The Bertz CT molecular complexity index is 706. The summed E-state index contributed by atoms with van der Waals surface area (Å²) < 4.78 is 1.17. The molecule has 3 aromatic rings. The summed E-state index contributed by atoms with van der Waals surface area (Å²) in [7, 11) is 0. The van der Waals surface area contributed by atoms with Gasteiger partial charge in [-0.2, -0.15) is 0 Å². The van der Waals surface area contributed by atoms with Gasteiger partial charge in [0, 0.05) is 17.1 Å². The Labute approximate surface area is 114 Å². The highest BCUT2D eigenvalue weighted by atomic mass is 35.5. The van der Waals surface area contributed by atoms with E-state index in [1.807, 2.05) is 36.4 Å². The second-order valence-corrected chi connectivity index (χ2v) is 5.50. The van der Waals surface area contributed by atoms with E-state index in [1.165, 1.54) is 4.70 Å². The summed E-state index contributed by atoms with van der Waals surface area (Å²) in [6, 6.07) is 13.9. The minimum absolute atomic E-state index is 0.542. The largest absolute Gasteiger partial charge is 0.326 e. The number of nitrogens with two attached hydrogens (primary N) is 1. The van der Waals surface area contributed by atoms with Crippen molar-refractivity contribution in [1.82, 2.24) is 4.98 Å². The van der Waals surface area contributed by atoms with Crippen molar-refractivity contribution in [2.24, 2.45) is 5.73 Å². The van der Waals surface area contributed by atoms with Crippen LogP contribution in [0.2, 0.25) is 5.02 Å². The van der Waals surface area contributed by atoms with Crippen LogP contribution in [-0.4, -0.2) is 4.98 Å². The van der Waals surface area contributed by atoms with E-state index < -0.39 is 0 Å². The van der Waals surface area contributed by atoms with Gasteiger partial charge in [-0.15, -0.1) is 11.3 Å². The van der Waals surface area contributed by atoms with E-state index >= 15 is 0 Å². The highest BCUT2D eigenvalue weighted by Crippen LogP contribution is 2.31. The van der Waals surface area contributed by atoms with Crippen molar-refractivity contribution >= 4 is 33.2 Å². The lowest BCUT2D eigenvalue weighted by molar-refractivity contribution is 1.07. The minimum atomic E-state index is 0.542. The first kappa shape index (κ1) is 11.7. The molecular formula is C14H11ClN2S. The summed E-state index contributed by atoms with van der Waals surface area (Å²) in [5, 5.41) is 1.72. The molecule has 1 aromatic heterocycles. The molecule has 0 saturated heterocycles. The second kappa shape index (κ2) is 4.69. The normalized spacial score (nSPS) is 11.0. The van der Waals surface area contributed by atoms with Crippen molar-refractivity contribution in [2.45, 2.75) is 6.54 Å². The third kappa shape index (κ3) is 2.12. The Balaban J connectivity index is 2.13. The van der Waals surface area contributed by atoms with Crippen molar-refractivity contribution in [3.05, 3.63) is 53.1 Å². The van der Waals surface area contributed by atoms with Crippen LogP contribution in [0, 0.1) is 0 Å². The fraction of sp³-hybridized carbons (Fsp3) is 0.0714. The first-order valence-electron chi connectivity index (χ1n) is 5.62. The quantitative estimate of drug-likeness (QED) is 0.765. The lowest BCUT2D eigenvalue weighted by Crippen LogP contribution is -1.94. The van der Waals surface area contributed by atoms with Crippen LogP contribution in [0.3, 0.4) is 0 Å². The van der Waals surface area contributed by atoms with E-state index in [0.29, 0.717) is 6.54 Å². The zero-order valence-corrected chi connectivity index (χ0v) is 11.1. The fourth-order valence-electron chi connectivity index (χ4n) is 1.84. The summed E-state index contributed by atoms with van der Waals surface area (Å²) in [5.41, 5.74) is 8.79. The van der Waals surface area contributed by atoms with Gasteiger partial charge in [0.2, 0.25) is 0 Å². The van der Waals surface area contributed by atoms with Crippen molar-refractivity contribution in [3.63, 3.8) is 0 Å². The van der Waals surface area contributed by atoms with Gasteiger partial charge in [0.25, 0.3) is 0 Å². The number of hydrogen-bond donors (Lipinski definition) is 1. The molecule has 0 aliphatic carbocycles. The molecule has 2 aromatic carbocycles. The number of rotatable bonds is 2. The van der Waals surface area contributed by atoms with Crippen LogP contribution in [0.15, 0.2) is 42.5 Å². The maximum Gasteiger partial charge on any atom is 0.124 e. The van der Waals surface area contributed by atoms with Gasteiger partial charge in [-0.25, -0.2) is 4.98 Å². The average Bonchev–Trinajstić information content (AvgIpc) is 2.81. The van der Waals surface area contributed by atoms with Crippen LogP contribution in [0.5, 0.6) is 0 Å². The Morgan fingerprint density at radius 1 is 1.17 bits per heavy atom. The smallest absolute Gasteiger partial charge is 0.124 e. The minimum Gasteiger partial charge on any atom is -0.326 e. The first-order chi connectivity index (χ1) is 8.76. The molecule has 0 aliphatic heterocycles. The van der Waals surface area contributed by atoms with Crippen LogP contribution >= 0.6 is 22.9 Å². The van der Waals surface area contributed by atoms with Crippen LogP contribution in [-0.2, 0) is 6.54 Å². The SMILES string of the molecule is NCc1ccc2sc(-c3cccc(Cl)c3)nc2c1. The number of nitrogens with zero attached hydrogens (tertiary/aromatic N) is 1. The molecule has 0 radical (unpaired) electrons. The zero-order chi connectivity index (χ0) is 12.5. The van der Waals surface area contributed by atoms with Crippen LogP contribution < -0.4 is 5.73 Å². The van der Waals surface area contributed by atoms with Gasteiger partial charge < -0.3 is 5.73 Å². The molecule has 0 aliphatic rings. The van der Waals surface area contributed by atoms with Gasteiger partial charge in [0.05, 0.1) is 10.2 Å². The number of halogens is 1. The van der Waals surface area contributed by atoms with Gasteiger partial charge >= 0.3 is 0 Å². The van der Waals surface area contributed by atoms with Crippen molar-refractivity contribution in [2.75, 3.05) is 0 Å². The second-order valence-electron chi connectivity index (χ2n) is 4.04. The highest BCUT2D eigenvalue weighted by Gasteiger charge is 2.07. The van der Waals surface area contributed by atoms with Crippen molar-refractivity contribution in [1.29, 1.82) is 0 Å². The molecule has 18 heavy (non-hydrogen) atoms. The Kier molecular flexibility index (Phi) is 3.04. The van der Waals surface area contributed by atoms with Gasteiger partial charge in [-0.1, -0.05) is 29.8 Å². The molecule has 2 N–H and O–H groups in total. The Morgan fingerprint density at radius 2 is 2.06 bits per heavy atom. The van der Waals surface area contributed by atoms with E-state index in [-0.39, 0.29) is 0 Å². The molecule has 0 fully saturated rings. The van der Waals surface area contributed by atoms with Gasteiger partial charge in [-0.05, 0) is 29.8 Å². The third-order valence-electron chi connectivity index (χ3n) is 2.76. The number of aromatic nitrogens is 1. The molecule has 0 spiro atoms. The molecule has 1 heterocycles. The number of fused-ring (bicyclic) bond motifs is 1. The summed E-state index contributed by atoms with van der Waals surface area (Å²) in [5.74, 6) is 0. The molecule has 2 nitrogen and oxygen atoms in total.